The van der Waals surface area contributed by atoms with Crippen molar-refractivity contribution in [2.24, 2.45) is 0 Å². The first kappa shape index (κ1) is 14.2. The molecular formula is C12H9ClN4O2S. The van der Waals surface area contributed by atoms with Crippen LogP contribution in [0.4, 0.5) is 5.82 Å². The number of hydrogen-bond donors (Lipinski definition) is 1. The molecule has 1 heterocycles. The Kier molecular flexibility index (Phi) is 3.88. The summed E-state index contributed by atoms with van der Waals surface area (Å²) in [5, 5.41) is 8.78. The van der Waals surface area contributed by atoms with E-state index in [4.69, 9.17) is 16.9 Å². The van der Waals surface area contributed by atoms with Crippen LogP contribution in [0.15, 0.2) is 35.4 Å². The van der Waals surface area contributed by atoms with Crippen LogP contribution in [-0.2, 0) is 10.0 Å². The summed E-state index contributed by atoms with van der Waals surface area (Å²) < 4.78 is 26.6. The van der Waals surface area contributed by atoms with Crippen molar-refractivity contribution in [1.29, 1.82) is 5.26 Å². The molecule has 0 aliphatic heterocycles. The molecule has 0 bridgehead atoms. The summed E-state index contributed by atoms with van der Waals surface area (Å²) in [4.78, 5) is 7.46. The second-order valence-corrected chi connectivity index (χ2v) is 5.93. The Balaban J connectivity index is 2.36. The quantitative estimate of drug-likeness (QED) is 0.876. The van der Waals surface area contributed by atoms with Gasteiger partial charge in [-0.25, -0.2) is 13.4 Å². The zero-order valence-electron chi connectivity index (χ0n) is 10.3. The third-order valence-electron chi connectivity index (χ3n) is 2.49. The summed E-state index contributed by atoms with van der Waals surface area (Å²) in [6.45, 7) is 1.67. The third-order valence-corrected chi connectivity index (χ3v) is 4.03. The number of benzene rings is 1. The van der Waals surface area contributed by atoms with Gasteiger partial charge in [0.15, 0.2) is 0 Å². The van der Waals surface area contributed by atoms with E-state index in [0.717, 1.165) is 0 Å². The number of hydrogen-bond acceptors (Lipinski definition) is 5. The fourth-order valence-corrected chi connectivity index (χ4v) is 2.75. The molecule has 1 N–H and O–H groups in total. The molecule has 102 valence electrons. The normalized spacial score (nSPS) is 10.8. The summed E-state index contributed by atoms with van der Waals surface area (Å²) in [6, 6.07) is 7.60. The van der Waals surface area contributed by atoms with E-state index in [2.05, 4.69) is 14.7 Å². The number of nitriles is 1. The Morgan fingerprint density at radius 2 is 2.10 bits per heavy atom. The van der Waals surface area contributed by atoms with Crippen LogP contribution in [-0.4, -0.2) is 18.4 Å². The van der Waals surface area contributed by atoms with Gasteiger partial charge in [0.25, 0.3) is 10.0 Å². The summed E-state index contributed by atoms with van der Waals surface area (Å²) in [6.07, 6.45) is 1.34. The Morgan fingerprint density at radius 1 is 1.35 bits per heavy atom. The molecule has 0 saturated carbocycles. The molecule has 0 aliphatic rings. The number of aromatic nitrogens is 2. The van der Waals surface area contributed by atoms with Crippen LogP contribution in [0.5, 0.6) is 0 Å². The lowest BCUT2D eigenvalue weighted by Gasteiger charge is -2.08. The maximum atomic E-state index is 12.2. The van der Waals surface area contributed by atoms with Crippen molar-refractivity contribution in [1.82, 2.24) is 9.97 Å². The smallest absolute Gasteiger partial charge is 0.263 e. The van der Waals surface area contributed by atoms with Gasteiger partial charge in [0.1, 0.15) is 5.82 Å². The standard InChI is InChI=1S/C12H9ClN4O2S/c1-8-6-10(3-2-9(8)7-14)20(18,19)17-11-4-5-15-12(13)16-11/h2-6H,1H3,(H,15,16,17). The van der Waals surface area contributed by atoms with Crippen molar-refractivity contribution in [3.63, 3.8) is 0 Å². The van der Waals surface area contributed by atoms with E-state index in [1.807, 2.05) is 6.07 Å². The van der Waals surface area contributed by atoms with Crippen LogP contribution in [0.2, 0.25) is 5.28 Å². The molecule has 0 radical (unpaired) electrons. The highest BCUT2D eigenvalue weighted by atomic mass is 35.5. The summed E-state index contributed by atoms with van der Waals surface area (Å²) in [7, 11) is -3.79. The number of anilines is 1. The molecule has 0 fully saturated rings. The minimum absolute atomic E-state index is 0.0451. The first-order chi connectivity index (χ1) is 9.42. The zero-order chi connectivity index (χ0) is 14.8. The van der Waals surface area contributed by atoms with Gasteiger partial charge < -0.3 is 0 Å². The average molecular weight is 309 g/mol. The van der Waals surface area contributed by atoms with Gasteiger partial charge in [0, 0.05) is 6.20 Å². The predicted molar refractivity (Wildman–Crippen MR) is 73.7 cm³/mol. The molecule has 0 atom stereocenters. The van der Waals surface area contributed by atoms with E-state index in [9.17, 15) is 8.42 Å². The van der Waals surface area contributed by atoms with Gasteiger partial charge in [-0.05, 0) is 48.4 Å². The molecular weight excluding hydrogens is 300 g/mol. The number of aryl methyl sites for hydroxylation is 1. The van der Waals surface area contributed by atoms with E-state index >= 15 is 0 Å². The highest BCUT2D eigenvalue weighted by molar-refractivity contribution is 7.92. The largest absolute Gasteiger partial charge is 0.263 e. The van der Waals surface area contributed by atoms with Crippen molar-refractivity contribution in [3.8, 4) is 6.07 Å². The van der Waals surface area contributed by atoms with E-state index in [1.165, 1.54) is 30.5 Å². The van der Waals surface area contributed by atoms with Crippen LogP contribution in [0.1, 0.15) is 11.1 Å². The zero-order valence-corrected chi connectivity index (χ0v) is 11.9. The van der Waals surface area contributed by atoms with Crippen molar-refractivity contribution in [3.05, 3.63) is 46.9 Å². The van der Waals surface area contributed by atoms with Gasteiger partial charge >= 0.3 is 0 Å². The molecule has 0 amide bonds. The Labute approximate surface area is 121 Å². The number of nitrogens with one attached hydrogen (secondary N) is 1. The van der Waals surface area contributed by atoms with Crippen LogP contribution < -0.4 is 4.72 Å². The van der Waals surface area contributed by atoms with E-state index < -0.39 is 10.0 Å². The maximum Gasteiger partial charge on any atom is 0.263 e. The van der Waals surface area contributed by atoms with Crippen molar-refractivity contribution < 1.29 is 8.42 Å². The maximum absolute atomic E-state index is 12.2. The molecule has 8 heteroatoms. The van der Waals surface area contributed by atoms with Crippen LogP contribution in [0.3, 0.4) is 0 Å². The molecule has 0 saturated heterocycles. The van der Waals surface area contributed by atoms with Gasteiger partial charge in [-0.2, -0.15) is 10.2 Å². The fourth-order valence-electron chi connectivity index (χ4n) is 1.52. The second-order valence-electron chi connectivity index (χ2n) is 3.90. The van der Waals surface area contributed by atoms with Gasteiger partial charge in [-0.3, -0.25) is 4.72 Å². The first-order valence-electron chi connectivity index (χ1n) is 5.44. The molecule has 1 aromatic carbocycles. The number of sulfonamides is 1. The molecule has 1 aromatic heterocycles. The molecule has 0 unspecified atom stereocenters. The van der Waals surface area contributed by atoms with Crippen LogP contribution in [0, 0.1) is 18.3 Å². The lowest BCUT2D eigenvalue weighted by molar-refractivity contribution is 0.601. The van der Waals surface area contributed by atoms with Crippen molar-refractivity contribution in [2.45, 2.75) is 11.8 Å². The first-order valence-corrected chi connectivity index (χ1v) is 7.30. The summed E-state index contributed by atoms with van der Waals surface area (Å²) in [5.41, 5.74) is 1.00. The summed E-state index contributed by atoms with van der Waals surface area (Å²) in [5.74, 6) is 0.0759. The van der Waals surface area contributed by atoms with Crippen molar-refractivity contribution >= 4 is 27.4 Å². The number of rotatable bonds is 3. The van der Waals surface area contributed by atoms with Gasteiger partial charge in [0.2, 0.25) is 5.28 Å². The molecule has 6 nitrogen and oxygen atoms in total. The van der Waals surface area contributed by atoms with Crippen LogP contribution in [0.25, 0.3) is 0 Å². The highest BCUT2D eigenvalue weighted by Crippen LogP contribution is 2.18. The van der Waals surface area contributed by atoms with E-state index in [-0.39, 0.29) is 16.0 Å². The lowest BCUT2D eigenvalue weighted by Crippen LogP contribution is -2.14. The van der Waals surface area contributed by atoms with Gasteiger partial charge in [-0.15, -0.1) is 0 Å². The van der Waals surface area contributed by atoms with Crippen LogP contribution >= 0.6 is 11.6 Å². The summed E-state index contributed by atoms with van der Waals surface area (Å²) >= 11 is 5.59. The molecule has 2 rings (SSSR count). The molecule has 2 aromatic rings. The Bertz CT molecular complexity index is 799. The average Bonchev–Trinajstić information content (AvgIpc) is 2.38. The monoisotopic (exact) mass is 308 g/mol. The van der Waals surface area contributed by atoms with Gasteiger partial charge in [0.05, 0.1) is 16.5 Å². The Hall–Kier alpha value is -2.17. The van der Waals surface area contributed by atoms with E-state index in [0.29, 0.717) is 11.1 Å². The fraction of sp³-hybridized carbons (Fsp3) is 0.0833. The number of nitrogens with zero attached hydrogens (tertiary/aromatic N) is 3. The van der Waals surface area contributed by atoms with E-state index in [1.54, 1.807) is 6.92 Å². The van der Waals surface area contributed by atoms with Gasteiger partial charge in [-0.1, -0.05) is 0 Å². The molecule has 0 aliphatic carbocycles. The second kappa shape index (κ2) is 5.45. The predicted octanol–water partition coefficient (Wildman–Crippen LogP) is 2.11. The lowest BCUT2D eigenvalue weighted by atomic mass is 10.1. The molecule has 0 spiro atoms. The van der Waals surface area contributed by atoms with Crippen molar-refractivity contribution in [2.75, 3.05) is 4.72 Å². The molecule has 20 heavy (non-hydrogen) atoms. The third kappa shape index (κ3) is 3.04. The SMILES string of the molecule is Cc1cc(S(=O)(=O)Nc2ccnc(Cl)n2)ccc1C#N. The topological polar surface area (TPSA) is 95.7 Å². The highest BCUT2D eigenvalue weighted by Gasteiger charge is 2.16. The minimum atomic E-state index is -3.79. The Morgan fingerprint density at radius 3 is 2.70 bits per heavy atom. The number of halogens is 1. The minimum Gasteiger partial charge on any atom is -0.263 e.